The molecule has 0 spiro atoms. The highest BCUT2D eigenvalue weighted by atomic mass is 16.6. The Balaban J connectivity index is 2.16. The first-order valence-corrected chi connectivity index (χ1v) is 5.93. The van der Waals surface area contributed by atoms with Gasteiger partial charge in [0.2, 0.25) is 0 Å². The molecule has 0 aliphatic rings. The van der Waals surface area contributed by atoms with E-state index in [1.807, 2.05) is 38.4 Å². The van der Waals surface area contributed by atoms with Crippen LogP contribution in [-0.2, 0) is 11.8 Å². The Bertz CT molecular complexity index is 699. The molecule has 5 heteroatoms. The number of aromatic amines is 1. The van der Waals surface area contributed by atoms with Crippen LogP contribution in [0.3, 0.4) is 0 Å². The van der Waals surface area contributed by atoms with Crippen LogP contribution in [-0.4, -0.2) is 26.5 Å². The SMILES string of the molecule is CCOC(O)c1ccc2[nH]c3nn(C)cc3c2c1. The first-order chi connectivity index (χ1) is 8.69. The number of nitrogens with zero attached hydrogens (tertiary/aromatic N) is 2. The van der Waals surface area contributed by atoms with E-state index in [0.29, 0.717) is 6.61 Å². The van der Waals surface area contributed by atoms with E-state index in [4.69, 9.17) is 4.74 Å². The van der Waals surface area contributed by atoms with Gasteiger partial charge in [0.15, 0.2) is 11.9 Å². The van der Waals surface area contributed by atoms with E-state index in [1.165, 1.54) is 0 Å². The average Bonchev–Trinajstić information content (AvgIpc) is 2.84. The minimum Gasteiger partial charge on any atom is -0.364 e. The Kier molecular flexibility index (Phi) is 2.57. The summed E-state index contributed by atoms with van der Waals surface area (Å²) in [5.41, 5.74) is 2.63. The van der Waals surface area contributed by atoms with Crippen molar-refractivity contribution in [2.45, 2.75) is 13.2 Å². The number of ether oxygens (including phenoxy) is 1. The molecular formula is C13H15N3O2. The summed E-state index contributed by atoms with van der Waals surface area (Å²) in [5.74, 6) is 0. The van der Waals surface area contributed by atoms with Gasteiger partial charge in [0.1, 0.15) is 0 Å². The largest absolute Gasteiger partial charge is 0.364 e. The van der Waals surface area contributed by atoms with E-state index in [1.54, 1.807) is 4.68 Å². The zero-order valence-electron chi connectivity index (χ0n) is 10.3. The van der Waals surface area contributed by atoms with Crippen molar-refractivity contribution in [3.05, 3.63) is 30.0 Å². The van der Waals surface area contributed by atoms with Crippen molar-refractivity contribution in [3.8, 4) is 0 Å². The van der Waals surface area contributed by atoms with Crippen LogP contribution in [0, 0.1) is 0 Å². The number of aliphatic hydroxyl groups is 1. The lowest BCUT2D eigenvalue weighted by Crippen LogP contribution is -2.02. The smallest absolute Gasteiger partial charge is 0.181 e. The molecule has 0 saturated heterocycles. The number of aryl methyl sites for hydroxylation is 1. The molecule has 1 unspecified atom stereocenters. The Hall–Kier alpha value is -1.85. The van der Waals surface area contributed by atoms with Crippen LogP contribution in [0.5, 0.6) is 0 Å². The van der Waals surface area contributed by atoms with E-state index < -0.39 is 6.29 Å². The van der Waals surface area contributed by atoms with Crippen molar-refractivity contribution >= 4 is 21.9 Å². The number of H-pyrrole nitrogens is 1. The minimum atomic E-state index is -0.874. The number of aromatic nitrogens is 3. The monoisotopic (exact) mass is 245 g/mol. The fourth-order valence-corrected chi connectivity index (χ4v) is 2.21. The third-order valence-electron chi connectivity index (χ3n) is 3.03. The summed E-state index contributed by atoms with van der Waals surface area (Å²) in [6, 6.07) is 5.74. The van der Waals surface area contributed by atoms with Gasteiger partial charge >= 0.3 is 0 Å². The van der Waals surface area contributed by atoms with Gasteiger partial charge in [-0.2, -0.15) is 5.10 Å². The number of nitrogens with one attached hydrogen (secondary N) is 1. The zero-order valence-corrected chi connectivity index (χ0v) is 10.3. The normalized spacial score (nSPS) is 13.5. The number of rotatable bonds is 3. The van der Waals surface area contributed by atoms with Crippen LogP contribution in [0.1, 0.15) is 18.8 Å². The second-order valence-corrected chi connectivity index (χ2v) is 4.30. The number of fused-ring (bicyclic) bond motifs is 3. The predicted molar refractivity (Wildman–Crippen MR) is 69.2 cm³/mol. The molecule has 5 nitrogen and oxygen atoms in total. The van der Waals surface area contributed by atoms with Gasteiger partial charge in [0.05, 0.1) is 0 Å². The van der Waals surface area contributed by atoms with Gasteiger partial charge in [-0.05, 0) is 19.1 Å². The van der Waals surface area contributed by atoms with Crippen molar-refractivity contribution in [3.63, 3.8) is 0 Å². The minimum absolute atomic E-state index is 0.481. The fraction of sp³-hybridized carbons (Fsp3) is 0.308. The quantitative estimate of drug-likeness (QED) is 0.694. The van der Waals surface area contributed by atoms with Crippen molar-refractivity contribution < 1.29 is 9.84 Å². The summed E-state index contributed by atoms with van der Waals surface area (Å²) in [6.07, 6.45) is 1.09. The molecule has 2 N–H and O–H groups in total. The third-order valence-corrected chi connectivity index (χ3v) is 3.03. The molecule has 0 saturated carbocycles. The van der Waals surface area contributed by atoms with E-state index >= 15 is 0 Å². The van der Waals surface area contributed by atoms with Crippen molar-refractivity contribution in [2.24, 2.45) is 7.05 Å². The molecule has 1 aromatic carbocycles. The molecule has 0 fully saturated rings. The molecule has 1 atom stereocenters. The first kappa shape index (κ1) is 11.3. The molecule has 94 valence electrons. The Morgan fingerprint density at radius 1 is 1.44 bits per heavy atom. The second kappa shape index (κ2) is 4.12. The Morgan fingerprint density at radius 3 is 3.06 bits per heavy atom. The van der Waals surface area contributed by atoms with Gasteiger partial charge in [-0.15, -0.1) is 0 Å². The molecule has 3 rings (SSSR count). The van der Waals surface area contributed by atoms with Gasteiger partial charge < -0.3 is 14.8 Å². The average molecular weight is 245 g/mol. The summed E-state index contributed by atoms with van der Waals surface area (Å²) in [5, 5.41) is 16.3. The standard InChI is InChI=1S/C13H15N3O2/c1-3-18-13(17)8-4-5-11-9(6-8)10-7-16(2)15-12(10)14-11/h4-7,13,17H,3H2,1-2H3,(H,14,15). The maximum Gasteiger partial charge on any atom is 0.181 e. The lowest BCUT2D eigenvalue weighted by atomic mass is 10.1. The van der Waals surface area contributed by atoms with Crippen molar-refractivity contribution in [2.75, 3.05) is 6.61 Å². The topological polar surface area (TPSA) is 63.1 Å². The summed E-state index contributed by atoms with van der Waals surface area (Å²) >= 11 is 0. The van der Waals surface area contributed by atoms with Crippen LogP contribution < -0.4 is 0 Å². The molecule has 2 heterocycles. The number of hydrogen-bond donors (Lipinski definition) is 2. The summed E-state index contributed by atoms with van der Waals surface area (Å²) in [4.78, 5) is 3.24. The van der Waals surface area contributed by atoms with E-state index in [-0.39, 0.29) is 0 Å². The molecule has 3 aromatic rings. The first-order valence-electron chi connectivity index (χ1n) is 5.93. The summed E-state index contributed by atoms with van der Waals surface area (Å²) < 4.78 is 6.97. The molecular weight excluding hydrogens is 230 g/mol. The number of benzene rings is 1. The van der Waals surface area contributed by atoms with Crippen LogP contribution in [0.25, 0.3) is 21.9 Å². The predicted octanol–water partition coefficient (Wildman–Crippen LogP) is 2.08. The molecule has 0 amide bonds. The van der Waals surface area contributed by atoms with Crippen molar-refractivity contribution in [1.82, 2.24) is 14.8 Å². The van der Waals surface area contributed by atoms with Crippen LogP contribution >= 0.6 is 0 Å². The van der Waals surface area contributed by atoms with E-state index in [9.17, 15) is 5.11 Å². The molecule has 2 aromatic heterocycles. The van der Waals surface area contributed by atoms with E-state index in [0.717, 1.165) is 27.5 Å². The lowest BCUT2D eigenvalue weighted by molar-refractivity contribution is -0.0978. The highest BCUT2D eigenvalue weighted by Gasteiger charge is 2.12. The lowest BCUT2D eigenvalue weighted by Gasteiger charge is -2.10. The van der Waals surface area contributed by atoms with Crippen LogP contribution in [0.2, 0.25) is 0 Å². The molecule has 0 aliphatic carbocycles. The molecule has 0 bridgehead atoms. The second-order valence-electron chi connectivity index (χ2n) is 4.30. The van der Waals surface area contributed by atoms with E-state index in [2.05, 4.69) is 10.1 Å². The van der Waals surface area contributed by atoms with Crippen LogP contribution in [0.4, 0.5) is 0 Å². The number of aliphatic hydroxyl groups excluding tert-OH is 1. The Morgan fingerprint density at radius 2 is 2.28 bits per heavy atom. The molecule has 18 heavy (non-hydrogen) atoms. The van der Waals surface area contributed by atoms with Gasteiger partial charge in [-0.25, -0.2) is 0 Å². The van der Waals surface area contributed by atoms with Gasteiger partial charge in [-0.3, -0.25) is 4.68 Å². The van der Waals surface area contributed by atoms with Crippen LogP contribution in [0.15, 0.2) is 24.4 Å². The highest BCUT2D eigenvalue weighted by Crippen LogP contribution is 2.27. The van der Waals surface area contributed by atoms with Crippen molar-refractivity contribution in [1.29, 1.82) is 0 Å². The summed E-state index contributed by atoms with van der Waals surface area (Å²) in [6.45, 7) is 2.34. The third kappa shape index (κ3) is 1.68. The maximum absolute atomic E-state index is 9.84. The maximum atomic E-state index is 9.84. The molecule has 0 aliphatic heterocycles. The summed E-state index contributed by atoms with van der Waals surface area (Å²) in [7, 11) is 1.89. The Labute approximate surface area is 104 Å². The number of hydrogen-bond acceptors (Lipinski definition) is 3. The van der Waals surface area contributed by atoms with Gasteiger partial charge in [0, 0.05) is 41.7 Å². The fourth-order valence-electron chi connectivity index (χ4n) is 2.21. The zero-order chi connectivity index (χ0) is 12.7. The van der Waals surface area contributed by atoms with Gasteiger partial charge in [0.25, 0.3) is 0 Å². The molecule has 0 radical (unpaired) electrons. The highest BCUT2D eigenvalue weighted by molar-refractivity contribution is 6.05. The van der Waals surface area contributed by atoms with Gasteiger partial charge in [-0.1, -0.05) is 6.07 Å².